The monoisotopic (exact) mass is 356 g/mol. The highest BCUT2D eigenvalue weighted by atomic mass is 19.4. The molecule has 0 radical (unpaired) electrons. The predicted molar refractivity (Wildman–Crippen MR) is 86.4 cm³/mol. The Bertz CT molecular complexity index is 672. The first-order chi connectivity index (χ1) is 12.0. The molecule has 2 rings (SSSR count). The minimum absolute atomic E-state index is 0.0571. The molecule has 0 amide bonds. The number of pyridine rings is 1. The lowest BCUT2D eigenvalue weighted by Gasteiger charge is -2.14. The summed E-state index contributed by atoms with van der Waals surface area (Å²) in [6, 6.07) is 6.96. The number of aromatic nitrogens is 1. The fraction of sp³-hybridized carbons (Fsp3) is 0.375. The van der Waals surface area contributed by atoms with E-state index >= 15 is 0 Å². The Labute approximate surface area is 143 Å². The van der Waals surface area contributed by atoms with Crippen LogP contribution in [0.4, 0.5) is 13.2 Å². The van der Waals surface area contributed by atoms with Gasteiger partial charge in [0.2, 0.25) is 5.88 Å². The van der Waals surface area contributed by atoms with Crippen LogP contribution in [0.1, 0.15) is 11.3 Å². The Morgan fingerprint density at radius 1 is 1.28 bits per heavy atom. The van der Waals surface area contributed by atoms with Gasteiger partial charge in [-0.25, -0.2) is 4.98 Å². The number of hydrogen-bond acceptors (Lipinski definition) is 4. The first-order valence-corrected chi connectivity index (χ1v) is 7.58. The highest BCUT2D eigenvalue weighted by Gasteiger charge is 2.29. The molecule has 0 aliphatic rings. The number of guanidine groups is 1. The van der Waals surface area contributed by atoms with Crippen molar-refractivity contribution in [1.82, 2.24) is 15.6 Å². The molecule has 6 nitrogen and oxygen atoms in total. The lowest BCUT2D eigenvalue weighted by Crippen LogP contribution is -2.38. The van der Waals surface area contributed by atoms with Crippen molar-refractivity contribution in [3.63, 3.8) is 0 Å². The third-order valence-electron chi connectivity index (χ3n) is 3.14. The third-order valence-corrected chi connectivity index (χ3v) is 3.14. The lowest BCUT2D eigenvalue weighted by atomic mass is 10.2. The summed E-state index contributed by atoms with van der Waals surface area (Å²) in [5.74, 6) is 1.30. The summed E-state index contributed by atoms with van der Waals surface area (Å²) < 4.78 is 46.9. The first-order valence-electron chi connectivity index (χ1n) is 7.58. The molecule has 0 spiro atoms. The van der Waals surface area contributed by atoms with Gasteiger partial charge >= 0.3 is 6.18 Å². The number of nitrogens with zero attached hydrogens (tertiary/aromatic N) is 2. The summed E-state index contributed by atoms with van der Waals surface area (Å²) in [5, 5.41) is 6.10. The highest BCUT2D eigenvalue weighted by molar-refractivity contribution is 5.79. The smallest absolute Gasteiger partial charge is 0.422 e. The molecule has 0 aliphatic heterocycles. The molecule has 25 heavy (non-hydrogen) atoms. The minimum Gasteiger partial charge on any atom is -0.469 e. The summed E-state index contributed by atoms with van der Waals surface area (Å²) in [7, 11) is 1.60. The molecule has 2 aromatic rings. The van der Waals surface area contributed by atoms with E-state index in [1.807, 2.05) is 12.1 Å². The van der Waals surface area contributed by atoms with Crippen LogP contribution in [0.25, 0.3) is 0 Å². The van der Waals surface area contributed by atoms with Crippen LogP contribution in [-0.2, 0) is 13.0 Å². The van der Waals surface area contributed by atoms with Crippen LogP contribution in [-0.4, -0.2) is 37.3 Å². The van der Waals surface area contributed by atoms with E-state index in [1.165, 1.54) is 6.20 Å². The van der Waals surface area contributed by atoms with E-state index in [0.717, 1.165) is 5.76 Å². The first kappa shape index (κ1) is 18.6. The van der Waals surface area contributed by atoms with E-state index in [4.69, 9.17) is 9.15 Å². The quantitative estimate of drug-likeness (QED) is 0.589. The molecule has 0 saturated carbocycles. The van der Waals surface area contributed by atoms with Crippen LogP contribution in [0.15, 0.2) is 46.1 Å². The lowest BCUT2D eigenvalue weighted by molar-refractivity contribution is -0.154. The van der Waals surface area contributed by atoms with Crippen molar-refractivity contribution in [1.29, 1.82) is 0 Å². The maximum absolute atomic E-state index is 12.3. The second kappa shape index (κ2) is 8.95. The SMILES string of the molecule is CN=C(NCCc1ccco1)NCc1cccnc1OCC(F)(F)F. The summed E-state index contributed by atoms with van der Waals surface area (Å²) in [6.45, 7) is -0.563. The average Bonchev–Trinajstić information content (AvgIpc) is 3.09. The van der Waals surface area contributed by atoms with Gasteiger partial charge in [-0.3, -0.25) is 4.99 Å². The van der Waals surface area contributed by atoms with E-state index in [0.29, 0.717) is 24.5 Å². The Morgan fingerprint density at radius 3 is 2.80 bits per heavy atom. The van der Waals surface area contributed by atoms with E-state index in [2.05, 4.69) is 20.6 Å². The maximum Gasteiger partial charge on any atom is 0.422 e. The average molecular weight is 356 g/mol. The highest BCUT2D eigenvalue weighted by Crippen LogP contribution is 2.19. The molecule has 0 fully saturated rings. The molecule has 136 valence electrons. The second-order valence-corrected chi connectivity index (χ2v) is 5.05. The number of hydrogen-bond donors (Lipinski definition) is 2. The number of furan rings is 1. The molecular formula is C16H19F3N4O2. The van der Waals surface area contributed by atoms with Gasteiger partial charge in [-0.2, -0.15) is 13.2 Å². The largest absolute Gasteiger partial charge is 0.469 e. The molecule has 0 atom stereocenters. The normalized spacial score (nSPS) is 12.1. The molecule has 0 aliphatic carbocycles. The maximum atomic E-state index is 12.3. The third kappa shape index (κ3) is 6.74. The van der Waals surface area contributed by atoms with Gasteiger partial charge in [-0.1, -0.05) is 6.07 Å². The standard InChI is InChI=1S/C16H19F3N4O2/c1-20-15(22-8-6-13-5-3-9-24-13)23-10-12-4-2-7-21-14(12)25-11-16(17,18)19/h2-5,7,9H,6,8,10-11H2,1H3,(H2,20,22,23). The van der Waals surface area contributed by atoms with Gasteiger partial charge in [-0.05, 0) is 18.2 Å². The zero-order valence-corrected chi connectivity index (χ0v) is 13.6. The molecule has 0 unspecified atom stereocenters. The van der Waals surface area contributed by atoms with Crippen LogP contribution < -0.4 is 15.4 Å². The number of halogens is 3. The number of aliphatic imine (C=N–C) groups is 1. The van der Waals surface area contributed by atoms with Gasteiger partial charge < -0.3 is 19.8 Å². The minimum atomic E-state index is -4.41. The van der Waals surface area contributed by atoms with E-state index in [9.17, 15) is 13.2 Å². The Balaban J connectivity index is 1.84. The zero-order valence-electron chi connectivity index (χ0n) is 13.6. The van der Waals surface area contributed by atoms with Crippen molar-refractivity contribution in [2.24, 2.45) is 4.99 Å². The van der Waals surface area contributed by atoms with Crippen LogP contribution >= 0.6 is 0 Å². The topological polar surface area (TPSA) is 71.7 Å². The van der Waals surface area contributed by atoms with E-state index in [-0.39, 0.29) is 12.4 Å². The molecular weight excluding hydrogens is 337 g/mol. The van der Waals surface area contributed by atoms with Crippen molar-refractivity contribution in [3.05, 3.63) is 48.0 Å². The summed E-state index contributed by atoms with van der Waals surface area (Å²) >= 11 is 0. The fourth-order valence-electron chi connectivity index (χ4n) is 2.00. The van der Waals surface area contributed by atoms with Gasteiger partial charge in [0.25, 0.3) is 0 Å². The molecule has 0 aromatic carbocycles. The Kier molecular flexibility index (Phi) is 6.67. The van der Waals surface area contributed by atoms with Crippen molar-refractivity contribution in [2.75, 3.05) is 20.2 Å². The van der Waals surface area contributed by atoms with Gasteiger partial charge in [-0.15, -0.1) is 0 Å². The van der Waals surface area contributed by atoms with Crippen LogP contribution in [0.2, 0.25) is 0 Å². The van der Waals surface area contributed by atoms with Crippen LogP contribution in [0.5, 0.6) is 5.88 Å². The number of alkyl halides is 3. The number of nitrogens with one attached hydrogen (secondary N) is 2. The van der Waals surface area contributed by atoms with Crippen LogP contribution in [0, 0.1) is 0 Å². The zero-order chi connectivity index (χ0) is 18.1. The van der Waals surface area contributed by atoms with Gasteiger partial charge in [0.15, 0.2) is 12.6 Å². The van der Waals surface area contributed by atoms with Crippen molar-refractivity contribution >= 4 is 5.96 Å². The second-order valence-electron chi connectivity index (χ2n) is 5.05. The summed E-state index contributed by atoms with van der Waals surface area (Å²) in [4.78, 5) is 7.91. The number of rotatable bonds is 7. The Morgan fingerprint density at radius 2 is 2.12 bits per heavy atom. The molecule has 2 N–H and O–H groups in total. The molecule has 0 bridgehead atoms. The van der Waals surface area contributed by atoms with Crippen LogP contribution in [0.3, 0.4) is 0 Å². The van der Waals surface area contributed by atoms with E-state index in [1.54, 1.807) is 25.4 Å². The summed E-state index contributed by atoms with van der Waals surface area (Å²) in [5.41, 5.74) is 0.501. The van der Waals surface area contributed by atoms with Crippen molar-refractivity contribution < 1.29 is 22.3 Å². The predicted octanol–water partition coefficient (Wildman–Crippen LogP) is 2.52. The Hall–Kier alpha value is -2.71. The van der Waals surface area contributed by atoms with Gasteiger partial charge in [0.1, 0.15) is 5.76 Å². The van der Waals surface area contributed by atoms with Crippen molar-refractivity contribution in [2.45, 2.75) is 19.1 Å². The fourth-order valence-corrected chi connectivity index (χ4v) is 2.00. The molecule has 2 aromatic heterocycles. The molecule has 2 heterocycles. The summed E-state index contributed by atoms with van der Waals surface area (Å²) in [6.07, 6.45) is -0.745. The van der Waals surface area contributed by atoms with Gasteiger partial charge in [0, 0.05) is 38.3 Å². The molecule has 0 saturated heterocycles. The number of ether oxygens (including phenoxy) is 1. The van der Waals surface area contributed by atoms with E-state index < -0.39 is 12.8 Å². The van der Waals surface area contributed by atoms with Crippen molar-refractivity contribution in [3.8, 4) is 5.88 Å². The van der Waals surface area contributed by atoms with Gasteiger partial charge in [0.05, 0.1) is 6.26 Å². The molecule has 9 heteroatoms.